The van der Waals surface area contributed by atoms with Gasteiger partial charge in [0.15, 0.2) is 0 Å². The number of alkyl halides is 3. The second-order valence-corrected chi connectivity index (χ2v) is 3.80. The van der Waals surface area contributed by atoms with E-state index in [1.807, 2.05) is 0 Å². The van der Waals surface area contributed by atoms with E-state index in [-0.39, 0.29) is 10.0 Å². The van der Waals surface area contributed by atoms with Gasteiger partial charge in [0.25, 0.3) is 0 Å². The van der Waals surface area contributed by atoms with E-state index in [0.29, 0.717) is 5.56 Å². The number of carboxylic acid groups (broad SMARTS) is 1. The van der Waals surface area contributed by atoms with Crippen LogP contribution in [0.3, 0.4) is 0 Å². The lowest BCUT2D eigenvalue weighted by Crippen LogP contribution is -2.18. The fourth-order valence-corrected chi connectivity index (χ4v) is 1.62. The van der Waals surface area contributed by atoms with Crippen molar-refractivity contribution in [2.45, 2.75) is 13.3 Å². The second kappa shape index (κ2) is 4.32. The molecule has 1 rings (SSSR count). The van der Waals surface area contributed by atoms with Crippen LogP contribution in [-0.4, -0.2) is 17.4 Å². The number of rotatable bonds is 2. The van der Waals surface area contributed by atoms with Crippen LogP contribution in [0.2, 0.25) is 0 Å². The van der Waals surface area contributed by atoms with Gasteiger partial charge in [0, 0.05) is 0 Å². The first kappa shape index (κ1) is 12.8. The number of benzene rings is 1. The summed E-state index contributed by atoms with van der Waals surface area (Å²) in [5.74, 6) is -1.88. The topological polar surface area (TPSA) is 46.5 Å². The molecule has 0 aliphatic carbocycles. The maximum absolute atomic E-state index is 12.0. The summed E-state index contributed by atoms with van der Waals surface area (Å²) in [6.45, 7) is 1.48. The summed E-state index contributed by atoms with van der Waals surface area (Å²) in [7, 11) is 0. The predicted octanol–water partition coefficient (Wildman–Crippen LogP) is 3.35. The van der Waals surface area contributed by atoms with Gasteiger partial charge >= 0.3 is 12.3 Å². The molecule has 1 aromatic rings. The van der Waals surface area contributed by atoms with Gasteiger partial charge in [-0.2, -0.15) is 0 Å². The zero-order chi connectivity index (χ0) is 12.5. The molecule has 7 heteroatoms. The van der Waals surface area contributed by atoms with Crippen LogP contribution in [0, 0.1) is 6.92 Å². The molecular weight excluding hydrogens is 293 g/mol. The largest absolute Gasteiger partial charge is 0.573 e. The monoisotopic (exact) mass is 298 g/mol. The predicted molar refractivity (Wildman–Crippen MR) is 52.5 cm³/mol. The summed E-state index contributed by atoms with van der Waals surface area (Å²) in [6.07, 6.45) is -4.85. The molecule has 0 bridgehead atoms. The van der Waals surface area contributed by atoms with Crippen molar-refractivity contribution in [1.82, 2.24) is 0 Å². The zero-order valence-electron chi connectivity index (χ0n) is 7.93. The van der Waals surface area contributed by atoms with Crippen molar-refractivity contribution in [3.63, 3.8) is 0 Å². The third kappa shape index (κ3) is 3.13. The van der Waals surface area contributed by atoms with Crippen molar-refractivity contribution in [3.05, 3.63) is 27.7 Å². The minimum Gasteiger partial charge on any atom is -0.478 e. The third-order valence-corrected chi connectivity index (χ3v) is 2.35. The van der Waals surface area contributed by atoms with Crippen molar-refractivity contribution >= 4 is 21.9 Å². The molecule has 0 unspecified atom stereocenters. The number of hydrogen-bond acceptors (Lipinski definition) is 2. The molecule has 16 heavy (non-hydrogen) atoms. The van der Waals surface area contributed by atoms with E-state index in [2.05, 4.69) is 20.7 Å². The molecule has 0 spiro atoms. The maximum atomic E-state index is 12.0. The van der Waals surface area contributed by atoms with E-state index in [1.54, 1.807) is 0 Å². The highest BCUT2D eigenvalue weighted by atomic mass is 79.9. The number of aromatic carboxylic acids is 1. The lowest BCUT2D eigenvalue weighted by Gasteiger charge is -2.12. The van der Waals surface area contributed by atoms with Crippen LogP contribution >= 0.6 is 15.9 Å². The Kier molecular flexibility index (Phi) is 3.47. The van der Waals surface area contributed by atoms with E-state index in [9.17, 15) is 18.0 Å². The number of aryl methyl sites for hydroxylation is 1. The van der Waals surface area contributed by atoms with Gasteiger partial charge in [0.1, 0.15) is 5.75 Å². The number of hydrogen-bond donors (Lipinski definition) is 1. The van der Waals surface area contributed by atoms with Gasteiger partial charge in [-0.25, -0.2) is 4.79 Å². The van der Waals surface area contributed by atoms with Gasteiger partial charge < -0.3 is 9.84 Å². The molecule has 0 saturated heterocycles. The molecule has 3 nitrogen and oxygen atoms in total. The van der Waals surface area contributed by atoms with Crippen molar-refractivity contribution < 1.29 is 27.8 Å². The smallest absolute Gasteiger partial charge is 0.478 e. The van der Waals surface area contributed by atoms with E-state index in [1.165, 1.54) is 13.0 Å². The Morgan fingerprint density at radius 2 is 2.00 bits per heavy atom. The lowest BCUT2D eigenvalue weighted by molar-refractivity contribution is -0.274. The van der Waals surface area contributed by atoms with Crippen LogP contribution in [0.1, 0.15) is 15.9 Å². The summed E-state index contributed by atoms with van der Waals surface area (Å²) in [4.78, 5) is 10.7. The van der Waals surface area contributed by atoms with Gasteiger partial charge in [-0.15, -0.1) is 13.2 Å². The Hall–Kier alpha value is -1.24. The summed E-state index contributed by atoms with van der Waals surface area (Å²) in [5.41, 5.74) is 0.108. The van der Waals surface area contributed by atoms with Crippen LogP contribution in [0.4, 0.5) is 13.2 Å². The van der Waals surface area contributed by atoms with Gasteiger partial charge in [0.2, 0.25) is 0 Å². The lowest BCUT2D eigenvalue weighted by atomic mass is 10.1. The first-order chi connectivity index (χ1) is 7.20. The zero-order valence-corrected chi connectivity index (χ0v) is 9.52. The fourth-order valence-electron chi connectivity index (χ4n) is 1.09. The Bertz CT molecular complexity index is 429. The molecule has 1 N–H and O–H groups in total. The molecule has 0 fully saturated rings. The Balaban J connectivity index is 3.20. The first-order valence-corrected chi connectivity index (χ1v) is 4.79. The minimum atomic E-state index is -4.85. The molecule has 0 radical (unpaired) electrons. The van der Waals surface area contributed by atoms with Crippen molar-refractivity contribution in [3.8, 4) is 5.75 Å². The van der Waals surface area contributed by atoms with Crippen LogP contribution in [0.5, 0.6) is 5.75 Å². The standard InChI is InChI=1S/C9H6BrF3O3/c1-4-2-6(10)7(16-9(11,12)13)3-5(4)8(14)15/h2-3H,1H3,(H,14,15). The normalized spacial score (nSPS) is 11.3. The quantitative estimate of drug-likeness (QED) is 0.911. The summed E-state index contributed by atoms with van der Waals surface area (Å²) in [6, 6.07) is 2.08. The van der Waals surface area contributed by atoms with Crippen LogP contribution < -0.4 is 4.74 Å². The molecule has 0 aliphatic rings. The SMILES string of the molecule is Cc1cc(Br)c(OC(F)(F)F)cc1C(=O)O. The highest BCUT2D eigenvalue weighted by Crippen LogP contribution is 2.32. The molecule has 0 saturated carbocycles. The van der Waals surface area contributed by atoms with Crippen LogP contribution in [0.15, 0.2) is 16.6 Å². The number of halogens is 4. The van der Waals surface area contributed by atoms with Gasteiger partial charge in [-0.3, -0.25) is 0 Å². The van der Waals surface area contributed by atoms with Crippen molar-refractivity contribution in [2.75, 3.05) is 0 Å². The third-order valence-electron chi connectivity index (χ3n) is 1.73. The second-order valence-electron chi connectivity index (χ2n) is 2.95. The van der Waals surface area contributed by atoms with Crippen LogP contribution in [-0.2, 0) is 0 Å². The molecule has 0 aromatic heterocycles. The first-order valence-electron chi connectivity index (χ1n) is 4.00. The highest BCUT2D eigenvalue weighted by Gasteiger charge is 2.32. The number of carboxylic acids is 1. The Labute approximate surface area is 97.0 Å². The minimum absolute atomic E-state index is 0.0484. The van der Waals surface area contributed by atoms with Crippen molar-refractivity contribution in [2.24, 2.45) is 0 Å². The molecule has 0 aliphatic heterocycles. The Morgan fingerprint density at radius 3 is 2.44 bits per heavy atom. The van der Waals surface area contributed by atoms with E-state index in [0.717, 1.165) is 6.07 Å². The summed E-state index contributed by atoms with van der Waals surface area (Å²) in [5, 5.41) is 8.73. The maximum Gasteiger partial charge on any atom is 0.573 e. The average molecular weight is 299 g/mol. The van der Waals surface area contributed by atoms with Crippen molar-refractivity contribution in [1.29, 1.82) is 0 Å². The number of ether oxygens (including phenoxy) is 1. The van der Waals surface area contributed by atoms with Gasteiger partial charge in [-0.05, 0) is 40.5 Å². The van der Waals surface area contributed by atoms with E-state index >= 15 is 0 Å². The molecule has 0 heterocycles. The van der Waals surface area contributed by atoms with E-state index < -0.39 is 18.1 Å². The molecule has 0 amide bonds. The van der Waals surface area contributed by atoms with E-state index in [4.69, 9.17) is 5.11 Å². The Morgan fingerprint density at radius 1 is 1.44 bits per heavy atom. The number of carbonyl (C=O) groups is 1. The van der Waals surface area contributed by atoms with Gasteiger partial charge in [0.05, 0.1) is 10.0 Å². The fraction of sp³-hybridized carbons (Fsp3) is 0.222. The summed E-state index contributed by atoms with van der Waals surface area (Å²) >= 11 is 2.87. The van der Waals surface area contributed by atoms with Crippen LogP contribution in [0.25, 0.3) is 0 Å². The molecular formula is C9H6BrF3O3. The van der Waals surface area contributed by atoms with Gasteiger partial charge in [-0.1, -0.05) is 0 Å². The molecule has 88 valence electrons. The molecule has 1 aromatic carbocycles. The summed E-state index contributed by atoms with van der Waals surface area (Å²) < 4.78 is 39.6. The highest BCUT2D eigenvalue weighted by molar-refractivity contribution is 9.10. The average Bonchev–Trinajstić information content (AvgIpc) is 2.07. The molecule has 0 atom stereocenters.